The third-order valence-corrected chi connectivity index (χ3v) is 3.61. The second-order valence-corrected chi connectivity index (χ2v) is 5.72. The van der Waals surface area contributed by atoms with Gasteiger partial charge in [-0.25, -0.2) is 4.98 Å². The van der Waals surface area contributed by atoms with Gasteiger partial charge in [0, 0.05) is 6.08 Å². The molecule has 0 spiro atoms. The van der Waals surface area contributed by atoms with E-state index in [1.54, 1.807) is 24.5 Å². The lowest BCUT2D eigenvalue weighted by molar-refractivity contribution is -0.117. The fourth-order valence-corrected chi connectivity index (χ4v) is 2.42. The number of para-hydroxylation sites is 2. The molecule has 2 aromatic heterocycles. The number of carbonyl (C=O) groups is 1. The Morgan fingerprint density at radius 3 is 2.78 bits per heavy atom. The number of hydrogen-bond acceptors (Lipinski definition) is 3. The molecule has 0 aliphatic heterocycles. The zero-order valence-electron chi connectivity index (χ0n) is 13.1. The molecule has 0 bridgehead atoms. The standard InChI is InChI=1S/C18H19N3O2/c1-12(2)17(18-19-14-7-3-4-8-15(14)20-18)21-16(22)10-9-13-6-5-11-23-13/h3-12,17H,1-2H3,(H,19,20)(H,21,22)/b10-9+. The molecule has 1 atom stereocenters. The first-order chi connectivity index (χ1) is 11.1. The van der Waals surface area contributed by atoms with Gasteiger partial charge in [0.15, 0.2) is 0 Å². The topological polar surface area (TPSA) is 70.9 Å². The van der Waals surface area contributed by atoms with Crippen LogP contribution in [-0.2, 0) is 4.79 Å². The van der Waals surface area contributed by atoms with E-state index in [0.29, 0.717) is 5.76 Å². The van der Waals surface area contributed by atoms with Crippen molar-refractivity contribution in [3.8, 4) is 0 Å². The van der Waals surface area contributed by atoms with Crippen LogP contribution in [0.1, 0.15) is 31.5 Å². The highest BCUT2D eigenvalue weighted by atomic mass is 16.3. The Morgan fingerprint density at radius 2 is 2.09 bits per heavy atom. The van der Waals surface area contributed by atoms with E-state index in [2.05, 4.69) is 15.3 Å². The van der Waals surface area contributed by atoms with Crippen LogP contribution < -0.4 is 5.32 Å². The smallest absolute Gasteiger partial charge is 0.244 e. The molecule has 1 amide bonds. The fourth-order valence-electron chi connectivity index (χ4n) is 2.42. The number of imidazole rings is 1. The van der Waals surface area contributed by atoms with Crippen molar-refractivity contribution in [3.05, 3.63) is 60.3 Å². The van der Waals surface area contributed by atoms with Gasteiger partial charge in [0.1, 0.15) is 11.6 Å². The van der Waals surface area contributed by atoms with E-state index in [1.807, 2.05) is 38.1 Å². The summed E-state index contributed by atoms with van der Waals surface area (Å²) in [5, 5.41) is 2.99. The molecule has 0 fully saturated rings. The lowest BCUT2D eigenvalue weighted by Crippen LogP contribution is -2.31. The second-order valence-electron chi connectivity index (χ2n) is 5.72. The minimum absolute atomic E-state index is 0.180. The van der Waals surface area contributed by atoms with E-state index in [0.717, 1.165) is 16.9 Å². The van der Waals surface area contributed by atoms with Crippen LogP contribution in [0.3, 0.4) is 0 Å². The van der Waals surface area contributed by atoms with Gasteiger partial charge in [-0.05, 0) is 36.3 Å². The van der Waals surface area contributed by atoms with Crippen LogP contribution in [-0.4, -0.2) is 15.9 Å². The summed E-state index contributed by atoms with van der Waals surface area (Å²) in [5.74, 6) is 1.43. The molecular weight excluding hydrogens is 290 g/mol. The summed E-state index contributed by atoms with van der Waals surface area (Å²) in [7, 11) is 0. The van der Waals surface area contributed by atoms with Crippen LogP contribution >= 0.6 is 0 Å². The van der Waals surface area contributed by atoms with Gasteiger partial charge < -0.3 is 14.7 Å². The first-order valence-electron chi connectivity index (χ1n) is 7.60. The first kappa shape index (κ1) is 15.1. The van der Waals surface area contributed by atoms with E-state index >= 15 is 0 Å². The maximum atomic E-state index is 12.2. The number of aromatic nitrogens is 2. The maximum Gasteiger partial charge on any atom is 0.244 e. The molecular formula is C18H19N3O2. The number of H-pyrrole nitrogens is 1. The highest BCUT2D eigenvalue weighted by Crippen LogP contribution is 2.22. The van der Waals surface area contributed by atoms with Gasteiger partial charge in [-0.2, -0.15) is 0 Å². The van der Waals surface area contributed by atoms with Gasteiger partial charge in [-0.15, -0.1) is 0 Å². The number of rotatable bonds is 5. The molecule has 0 radical (unpaired) electrons. The van der Waals surface area contributed by atoms with Gasteiger partial charge in [0.05, 0.1) is 23.3 Å². The Morgan fingerprint density at radius 1 is 1.26 bits per heavy atom. The number of benzene rings is 1. The number of carbonyl (C=O) groups excluding carboxylic acids is 1. The minimum Gasteiger partial charge on any atom is -0.465 e. The van der Waals surface area contributed by atoms with E-state index in [9.17, 15) is 4.79 Å². The van der Waals surface area contributed by atoms with E-state index in [1.165, 1.54) is 6.08 Å². The van der Waals surface area contributed by atoms with E-state index < -0.39 is 0 Å². The number of nitrogens with one attached hydrogen (secondary N) is 2. The molecule has 5 heteroatoms. The first-order valence-corrected chi connectivity index (χ1v) is 7.60. The van der Waals surface area contributed by atoms with Gasteiger partial charge in [0.25, 0.3) is 0 Å². The average Bonchev–Trinajstić information content (AvgIpc) is 3.19. The van der Waals surface area contributed by atoms with Crippen LogP contribution in [0.5, 0.6) is 0 Å². The van der Waals surface area contributed by atoms with Gasteiger partial charge in [-0.1, -0.05) is 26.0 Å². The lowest BCUT2D eigenvalue weighted by atomic mass is 10.0. The summed E-state index contributed by atoms with van der Waals surface area (Å²) in [6.45, 7) is 4.10. The summed E-state index contributed by atoms with van der Waals surface area (Å²) in [6, 6.07) is 11.2. The Bertz CT molecular complexity index is 783. The quantitative estimate of drug-likeness (QED) is 0.706. The zero-order chi connectivity index (χ0) is 16.2. The predicted octanol–water partition coefficient (Wildman–Crippen LogP) is 3.68. The molecule has 0 saturated carbocycles. The van der Waals surface area contributed by atoms with Gasteiger partial charge in [0.2, 0.25) is 5.91 Å². The average molecular weight is 309 g/mol. The molecule has 0 saturated heterocycles. The largest absolute Gasteiger partial charge is 0.465 e. The number of aromatic amines is 1. The van der Waals surface area contributed by atoms with Crippen molar-refractivity contribution in [2.75, 3.05) is 0 Å². The van der Waals surface area contributed by atoms with Crippen molar-refractivity contribution in [1.82, 2.24) is 15.3 Å². The number of furan rings is 1. The fraction of sp³-hybridized carbons (Fsp3) is 0.222. The molecule has 5 nitrogen and oxygen atoms in total. The molecule has 0 aliphatic carbocycles. The number of fused-ring (bicyclic) bond motifs is 1. The predicted molar refractivity (Wildman–Crippen MR) is 89.6 cm³/mol. The molecule has 2 N–H and O–H groups in total. The zero-order valence-corrected chi connectivity index (χ0v) is 13.1. The van der Waals surface area contributed by atoms with Crippen LogP contribution in [0.2, 0.25) is 0 Å². The molecule has 1 aromatic carbocycles. The summed E-state index contributed by atoms with van der Waals surface area (Å²) < 4.78 is 5.18. The third kappa shape index (κ3) is 3.51. The van der Waals surface area contributed by atoms with Gasteiger partial charge >= 0.3 is 0 Å². The van der Waals surface area contributed by atoms with E-state index in [4.69, 9.17) is 4.42 Å². The molecule has 118 valence electrons. The monoisotopic (exact) mass is 309 g/mol. The van der Waals surface area contributed by atoms with Crippen molar-refractivity contribution in [2.24, 2.45) is 5.92 Å². The van der Waals surface area contributed by atoms with Crippen molar-refractivity contribution in [3.63, 3.8) is 0 Å². The number of amides is 1. The second kappa shape index (κ2) is 6.52. The van der Waals surface area contributed by atoms with Crippen LogP contribution in [0.15, 0.2) is 53.2 Å². The minimum atomic E-state index is -0.184. The summed E-state index contributed by atoms with van der Waals surface area (Å²) >= 11 is 0. The molecule has 2 heterocycles. The van der Waals surface area contributed by atoms with Crippen molar-refractivity contribution in [2.45, 2.75) is 19.9 Å². The molecule has 3 rings (SSSR count). The van der Waals surface area contributed by atoms with Crippen molar-refractivity contribution in [1.29, 1.82) is 0 Å². The highest BCUT2D eigenvalue weighted by Gasteiger charge is 2.20. The number of hydrogen-bond donors (Lipinski definition) is 2. The maximum absolute atomic E-state index is 12.2. The number of nitrogens with zero attached hydrogens (tertiary/aromatic N) is 1. The highest BCUT2D eigenvalue weighted by molar-refractivity contribution is 5.91. The van der Waals surface area contributed by atoms with E-state index in [-0.39, 0.29) is 17.9 Å². The lowest BCUT2D eigenvalue weighted by Gasteiger charge is -2.19. The van der Waals surface area contributed by atoms with Crippen LogP contribution in [0, 0.1) is 5.92 Å². The molecule has 0 aliphatic rings. The van der Waals surface area contributed by atoms with Crippen LogP contribution in [0.25, 0.3) is 17.1 Å². The molecule has 23 heavy (non-hydrogen) atoms. The van der Waals surface area contributed by atoms with Crippen molar-refractivity contribution >= 4 is 23.0 Å². The SMILES string of the molecule is CC(C)C(NC(=O)/C=C/c1ccco1)c1nc2ccccc2[nH]1. The normalized spacial score (nSPS) is 13.0. The molecule has 3 aromatic rings. The summed E-state index contributed by atoms with van der Waals surface area (Å²) in [6.07, 6.45) is 4.69. The Hall–Kier alpha value is -2.82. The summed E-state index contributed by atoms with van der Waals surface area (Å²) in [4.78, 5) is 20.0. The third-order valence-electron chi connectivity index (χ3n) is 3.61. The summed E-state index contributed by atoms with van der Waals surface area (Å²) in [5.41, 5.74) is 1.86. The Labute approximate surface area is 134 Å². The van der Waals surface area contributed by atoms with Crippen molar-refractivity contribution < 1.29 is 9.21 Å². The molecule has 1 unspecified atom stereocenters. The van der Waals surface area contributed by atoms with Gasteiger partial charge in [-0.3, -0.25) is 4.79 Å². The van der Waals surface area contributed by atoms with Crippen LogP contribution in [0.4, 0.5) is 0 Å². The Balaban J connectivity index is 1.77. The Kier molecular flexibility index (Phi) is 4.28.